The lowest BCUT2D eigenvalue weighted by molar-refractivity contribution is -0.113. The molecular formula is C9H6BrClN2O. The van der Waals surface area contributed by atoms with Crippen molar-refractivity contribution in [1.29, 1.82) is 0 Å². The molecular weight excluding hydrogens is 267 g/mol. The normalized spacial score (nSPS) is 25.1. The fourth-order valence-electron chi connectivity index (χ4n) is 1.25. The number of aliphatic imine (C=N–C) groups is 2. The number of amidine groups is 1. The van der Waals surface area contributed by atoms with Crippen molar-refractivity contribution in [3.8, 4) is 0 Å². The smallest absolute Gasteiger partial charge is 0.267 e. The lowest BCUT2D eigenvalue weighted by atomic mass is 10.0. The molecule has 0 spiro atoms. The van der Waals surface area contributed by atoms with Crippen LogP contribution >= 0.6 is 27.5 Å². The number of rotatable bonds is 1. The Hall–Kier alpha value is -0.740. The molecule has 0 aromatic carbocycles. The van der Waals surface area contributed by atoms with Gasteiger partial charge in [0.05, 0.1) is 22.0 Å². The van der Waals surface area contributed by atoms with Gasteiger partial charge in [-0.2, -0.15) is 4.99 Å². The van der Waals surface area contributed by atoms with Crippen LogP contribution in [-0.4, -0.2) is 28.2 Å². The average Bonchev–Trinajstić information content (AvgIpc) is 2.19. The lowest BCUT2D eigenvalue weighted by Crippen LogP contribution is -2.22. The summed E-state index contributed by atoms with van der Waals surface area (Å²) in [6.07, 6.45) is 5.50. The second-order valence-corrected chi connectivity index (χ2v) is 4.17. The topological polar surface area (TPSA) is 41.8 Å². The Balaban J connectivity index is 2.42. The van der Waals surface area contributed by atoms with E-state index in [1.165, 1.54) is 0 Å². The minimum atomic E-state index is -0.264. The van der Waals surface area contributed by atoms with Crippen LogP contribution in [0.1, 0.15) is 0 Å². The number of hydrogen-bond donors (Lipinski definition) is 0. The maximum Gasteiger partial charge on any atom is 0.280 e. The molecule has 1 atom stereocenters. The van der Waals surface area contributed by atoms with Crippen LogP contribution in [0, 0.1) is 0 Å². The monoisotopic (exact) mass is 272 g/mol. The number of carbonyl (C=O) groups excluding carboxylic acids is 1. The molecule has 1 heterocycles. The van der Waals surface area contributed by atoms with E-state index in [1.54, 1.807) is 12.2 Å². The number of amides is 1. The van der Waals surface area contributed by atoms with E-state index in [0.29, 0.717) is 17.1 Å². The van der Waals surface area contributed by atoms with Gasteiger partial charge in [0.2, 0.25) is 0 Å². The lowest BCUT2D eigenvalue weighted by Gasteiger charge is -2.14. The second-order valence-electron chi connectivity index (χ2n) is 2.85. The quantitative estimate of drug-likeness (QED) is 0.672. The van der Waals surface area contributed by atoms with Crippen molar-refractivity contribution in [2.24, 2.45) is 9.98 Å². The van der Waals surface area contributed by atoms with Gasteiger partial charge < -0.3 is 0 Å². The molecule has 0 radical (unpaired) electrons. The Labute approximate surface area is 94.4 Å². The highest BCUT2D eigenvalue weighted by Crippen LogP contribution is 2.19. The zero-order valence-corrected chi connectivity index (χ0v) is 9.42. The van der Waals surface area contributed by atoms with Crippen molar-refractivity contribution >= 4 is 45.0 Å². The van der Waals surface area contributed by atoms with Crippen molar-refractivity contribution in [3.63, 3.8) is 0 Å². The number of halogens is 2. The summed E-state index contributed by atoms with van der Waals surface area (Å²) in [6, 6.07) is 0. The number of carbonyl (C=O) groups is 1. The Morgan fingerprint density at radius 3 is 3.00 bits per heavy atom. The molecule has 14 heavy (non-hydrogen) atoms. The number of alkyl halides is 2. The van der Waals surface area contributed by atoms with Crippen LogP contribution in [0.4, 0.5) is 0 Å². The van der Waals surface area contributed by atoms with E-state index in [2.05, 4.69) is 25.9 Å². The van der Waals surface area contributed by atoms with Crippen LogP contribution < -0.4 is 0 Å². The zero-order valence-electron chi connectivity index (χ0n) is 7.08. The summed E-state index contributed by atoms with van der Waals surface area (Å²) in [4.78, 5) is 19.5. The molecule has 1 aliphatic heterocycles. The first-order chi connectivity index (χ1) is 6.70. The summed E-state index contributed by atoms with van der Waals surface area (Å²) in [5.41, 5.74) is 1.19. The molecule has 1 aliphatic carbocycles. The Kier molecular flexibility index (Phi) is 2.65. The molecule has 3 nitrogen and oxygen atoms in total. The van der Waals surface area contributed by atoms with E-state index in [-0.39, 0.29) is 16.6 Å². The molecule has 0 bridgehead atoms. The number of hydrogen-bond acceptors (Lipinski definition) is 2. The second kappa shape index (κ2) is 3.79. The van der Waals surface area contributed by atoms with E-state index in [0.717, 1.165) is 0 Å². The first-order valence-corrected chi connectivity index (χ1v) is 5.47. The predicted octanol–water partition coefficient (Wildman–Crippen LogP) is 1.86. The number of nitrogens with zero attached hydrogens (tertiary/aromatic N) is 2. The van der Waals surface area contributed by atoms with Gasteiger partial charge in [-0.05, 0) is 6.08 Å². The molecule has 1 amide bonds. The molecule has 0 fully saturated rings. The molecule has 5 heteroatoms. The number of fused-ring (bicyclic) bond motifs is 1. The molecule has 0 N–H and O–H groups in total. The molecule has 2 rings (SSSR count). The highest BCUT2D eigenvalue weighted by atomic mass is 79.9. The fourth-order valence-corrected chi connectivity index (χ4v) is 1.79. The highest BCUT2D eigenvalue weighted by molar-refractivity contribution is 9.09. The van der Waals surface area contributed by atoms with E-state index in [4.69, 9.17) is 11.6 Å². The van der Waals surface area contributed by atoms with Crippen LogP contribution in [-0.2, 0) is 4.79 Å². The van der Waals surface area contributed by atoms with Crippen LogP contribution in [0.3, 0.4) is 0 Å². The van der Waals surface area contributed by atoms with E-state index in [9.17, 15) is 4.79 Å². The van der Waals surface area contributed by atoms with Crippen molar-refractivity contribution in [2.45, 2.75) is 4.83 Å². The Morgan fingerprint density at radius 2 is 2.29 bits per heavy atom. The summed E-state index contributed by atoms with van der Waals surface area (Å²) in [5.74, 6) is 0.273. The van der Waals surface area contributed by atoms with Gasteiger partial charge in [-0.1, -0.05) is 28.1 Å². The minimum Gasteiger partial charge on any atom is -0.267 e. The van der Waals surface area contributed by atoms with Gasteiger partial charge in [0.1, 0.15) is 5.84 Å². The summed E-state index contributed by atoms with van der Waals surface area (Å²) >= 11 is 8.93. The van der Waals surface area contributed by atoms with Crippen LogP contribution in [0.2, 0.25) is 0 Å². The third-order valence-electron chi connectivity index (χ3n) is 1.87. The van der Waals surface area contributed by atoms with Gasteiger partial charge in [-0.25, -0.2) is 4.99 Å². The minimum absolute atomic E-state index is 0.0770. The van der Waals surface area contributed by atoms with Crippen molar-refractivity contribution in [3.05, 3.63) is 23.8 Å². The van der Waals surface area contributed by atoms with Gasteiger partial charge >= 0.3 is 0 Å². The van der Waals surface area contributed by atoms with Crippen LogP contribution in [0.15, 0.2) is 33.8 Å². The van der Waals surface area contributed by atoms with E-state index >= 15 is 0 Å². The van der Waals surface area contributed by atoms with Gasteiger partial charge in [-0.3, -0.25) is 4.79 Å². The highest BCUT2D eigenvalue weighted by Gasteiger charge is 2.22. The summed E-state index contributed by atoms with van der Waals surface area (Å²) < 4.78 is 0. The summed E-state index contributed by atoms with van der Waals surface area (Å²) in [6.45, 7) is 0. The first-order valence-electron chi connectivity index (χ1n) is 4.01. The number of allylic oxidation sites excluding steroid dienone is 3. The van der Waals surface area contributed by atoms with Crippen molar-refractivity contribution in [2.75, 3.05) is 5.88 Å². The first kappa shape index (κ1) is 9.80. The standard InChI is InChI=1S/C9H6BrClN2O/c10-5-1-2-7-6(3-5)9(14)13-8(4-11)12-7/h1-3,5H,4H2. The van der Waals surface area contributed by atoms with Gasteiger partial charge in [0.25, 0.3) is 5.91 Å². The third-order valence-corrected chi connectivity index (χ3v) is 2.68. The van der Waals surface area contributed by atoms with Crippen LogP contribution in [0.25, 0.3) is 0 Å². The summed E-state index contributed by atoms with van der Waals surface area (Å²) in [7, 11) is 0. The van der Waals surface area contributed by atoms with Gasteiger partial charge in [0.15, 0.2) is 0 Å². The molecule has 0 aromatic heterocycles. The van der Waals surface area contributed by atoms with Crippen molar-refractivity contribution < 1.29 is 4.79 Å². The van der Waals surface area contributed by atoms with Crippen molar-refractivity contribution in [1.82, 2.24) is 0 Å². The van der Waals surface area contributed by atoms with E-state index < -0.39 is 0 Å². The fraction of sp³-hybridized carbons (Fsp3) is 0.222. The Bertz CT molecular complexity index is 409. The maximum absolute atomic E-state index is 11.5. The maximum atomic E-state index is 11.5. The molecule has 0 saturated carbocycles. The van der Waals surface area contributed by atoms with Crippen LogP contribution in [0.5, 0.6) is 0 Å². The average molecular weight is 274 g/mol. The van der Waals surface area contributed by atoms with Gasteiger partial charge in [-0.15, -0.1) is 11.6 Å². The Morgan fingerprint density at radius 1 is 1.50 bits per heavy atom. The molecule has 1 unspecified atom stereocenters. The molecule has 0 saturated heterocycles. The SMILES string of the molecule is O=C1N=C(CCl)N=C2C=CC(Br)C=C12. The molecule has 0 aromatic rings. The van der Waals surface area contributed by atoms with E-state index in [1.807, 2.05) is 6.08 Å². The molecule has 2 aliphatic rings. The molecule has 72 valence electrons. The zero-order chi connectivity index (χ0) is 10.1. The van der Waals surface area contributed by atoms with Gasteiger partial charge in [0, 0.05) is 0 Å². The third kappa shape index (κ3) is 1.72. The largest absolute Gasteiger partial charge is 0.280 e. The summed E-state index contributed by atoms with van der Waals surface area (Å²) in [5, 5.41) is 0. The predicted molar refractivity (Wildman–Crippen MR) is 60.5 cm³/mol.